The lowest BCUT2D eigenvalue weighted by atomic mass is 10.0. The molecule has 0 spiro atoms. The molecular weight excluding hydrogens is 304 g/mol. The third-order valence-corrected chi connectivity index (χ3v) is 2.82. The Bertz CT molecular complexity index is 418. The van der Waals surface area contributed by atoms with Gasteiger partial charge in [0, 0.05) is 0 Å². The van der Waals surface area contributed by atoms with Crippen LogP contribution >= 0.6 is 0 Å². The Kier molecular flexibility index (Phi) is 7.74. The third kappa shape index (κ3) is 6.33. The molecule has 20 heavy (non-hydrogen) atoms. The average Bonchev–Trinajstić information content (AvgIpc) is 2.40. The number of carbonyl (C=O) groups is 2. The van der Waals surface area contributed by atoms with Gasteiger partial charge < -0.3 is 30.3 Å². The molecule has 0 heterocycles. The van der Waals surface area contributed by atoms with E-state index >= 15 is 0 Å². The summed E-state index contributed by atoms with van der Waals surface area (Å²) in [5, 5.41) is 44.4. The van der Waals surface area contributed by atoms with E-state index in [1.54, 1.807) is 0 Å². The van der Waals surface area contributed by atoms with Crippen molar-refractivity contribution in [2.24, 2.45) is 0 Å². The summed E-state index contributed by atoms with van der Waals surface area (Å²) in [6.45, 7) is -2.24. The molecule has 118 valence electrons. The van der Waals surface area contributed by atoms with Gasteiger partial charge in [0.25, 0.3) is 0 Å². The fourth-order valence-corrected chi connectivity index (χ4v) is 1.71. The van der Waals surface area contributed by atoms with Crippen LogP contribution in [0.4, 0.5) is 0 Å². The second-order valence-electron chi connectivity index (χ2n) is 3.49. The van der Waals surface area contributed by atoms with Crippen molar-refractivity contribution in [1.82, 2.24) is 0 Å². The molecule has 0 amide bonds. The molecule has 0 aromatic rings. The number of carboxylic acids is 1. The number of hydrogen-bond donors (Lipinski definition) is 5. The number of carbonyl (C=O) groups excluding carboxylic acids is 1. The van der Waals surface area contributed by atoms with Crippen molar-refractivity contribution in [1.29, 1.82) is 0 Å². The van der Waals surface area contributed by atoms with Crippen molar-refractivity contribution in [3.8, 4) is 0 Å². The van der Waals surface area contributed by atoms with Crippen LogP contribution in [0.15, 0.2) is 0 Å². The molecule has 0 aliphatic carbocycles. The molecule has 0 aromatic heterocycles. The van der Waals surface area contributed by atoms with Crippen LogP contribution in [0.1, 0.15) is 0 Å². The molecule has 5 N–H and O–H groups in total. The van der Waals surface area contributed by atoms with Crippen molar-refractivity contribution >= 4 is 22.7 Å². The van der Waals surface area contributed by atoms with E-state index in [-0.39, 0.29) is 6.29 Å². The Labute approximate surface area is 113 Å². The summed E-state index contributed by atoms with van der Waals surface area (Å²) in [5.74, 6) is -1.63. The smallest absolute Gasteiger partial charge is 0.401 e. The molecule has 0 aliphatic heterocycles. The Morgan fingerprint density at radius 2 is 1.75 bits per heavy atom. The summed E-state index contributed by atoms with van der Waals surface area (Å²) < 4.78 is 30.1. The predicted molar refractivity (Wildman–Crippen MR) is 58.6 cm³/mol. The molecule has 11 nitrogen and oxygen atoms in total. The van der Waals surface area contributed by atoms with Crippen molar-refractivity contribution in [3.05, 3.63) is 0 Å². The van der Waals surface area contributed by atoms with E-state index < -0.39 is 54.0 Å². The highest BCUT2D eigenvalue weighted by Crippen LogP contribution is 2.10. The minimum Gasteiger partial charge on any atom is -0.479 e. The van der Waals surface area contributed by atoms with Crippen molar-refractivity contribution in [2.45, 2.75) is 24.4 Å². The zero-order valence-electron chi connectivity index (χ0n) is 9.89. The van der Waals surface area contributed by atoms with Gasteiger partial charge in [-0.1, -0.05) is 0 Å². The van der Waals surface area contributed by atoms with Crippen LogP contribution in [0.2, 0.25) is 0 Å². The van der Waals surface area contributed by atoms with E-state index in [0.717, 1.165) is 0 Å². The highest BCUT2D eigenvalue weighted by atomic mass is 32.3. The third-order valence-electron chi connectivity index (χ3n) is 1.96. The lowest BCUT2D eigenvalue weighted by Crippen LogP contribution is -2.48. The normalized spacial score (nSPS) is 18.0. The zero-order chi connectivity index (χ0) is 15.9. The number of rotatable bonds is 10. The van der Waals surface area contributed by atoms with Crippen LogP contribution in [0, 0.1) is 0 Å². The van der Waals surface area contributed by atoms with E-state index in [1.165, 1.54) is 0 Å². The van der Waals surface area contributed by atoms with Gasteiger partial charge in [0.2, 0.25) is 0 Å². The Morgan fingerprint density at radius 1 is 1.20 bits per heavy atom. The maximum absolute atomic E-state index is 11.1. The number of aliphatic hydroxyl groups is 4. The lowest BCUT2D eigenvalue weighted by molar-refractivity contribution is -0.140. The molecule has 12 heteroatoms. The molecule has 0 fully saturated rings. The van der Waals surface area contributed by atoms with Crippen molar-refractivity contribution in [2.75, 3.05) is 13.2 Å². The van der Waals surface area contributed by atoms with Gasteiger partial charge in [-0.25, -0.2) is 13.2 Å². The van der Waals surface area contributed by atoms with E-state index in [9.17, 15) is 28.2 Å². The quantitative estimate of drug-likeness (QED) is 0.247. The van der Waals surface area contributed by atoms with Gasteiger partial charge in [-0.05, 0) is 0 Å². The summed E-state index contributed by atoms with van der Waals surface area (Å²) in [7, 11) is -4.93. The number of aliphatic hydroxyl groups excluding tert-OH is 4. The number of hydrogen-bond acceptors (Lipinski definition) is 10. The van der Waals surface area contributed by atoms with Gasteiger partial charge in [-0.15, -0.1) is 0 Å². The van der Waals surface area contributed by atoms with Gasteiger partial charge >= 0.3 is 16.4 Å². The summed E-state index contributed by atoms with van der Waals surface area (Å²) in [6, 6.07) is 0. The first-order valence-electron chi connectivity index (χ1n) is 5.04. The van der Waals surface area contributed by atoms with Crippen LogP contribution in [-0.2, 0) is 28.4 Å². The van der Waals surface area contributed by atoms with E-state index in [1.807, 2.05) is 0 Å². The molecular formula is C8H14O11S. The van der Waals surface area contributed by atoms with Gasteiger partial charge in [0.05, 0.1) is 6.61 Å². The van der Waals surface area contributed by atoms with E-state index in [4.69, 9.17) is 15.3 Å². The van der Waals surface area contributed by atoms with Crippen LogP contribution in [0.5, 0.6) is 0 Å². The molecule has 0 aliphatic rings. The lowest BCUT2D eigenvalue weighted by Gasteiger charge is -2.24. The highest BCUT2D eigenvalue weighted by Gasteiger charge is 2.35. The van der Waals surface area contributed by atoms with Crippen LogP contribution in [0.3, 0.4) is 0 Å². The first kappa shape index (κ1) is 18.9. The largest absolute Gasteiger partial charge is 0.479 e. The summed E-state index contributed by atoms with van der Waals surface area (Å²) in [6.07, 6.45) is -8.49. The second kappa shape index (κ2) is 8.21. The van der Waals surface area contributed by atoms with Crippen LogP contribution in [0.25, 0.3) is 0 Å². The van der Waals surface area contributed by atoms with E-state index in [0.29, 0.717) is 0 Å². The summed E-state index contributed by atoms with van der Waals surface area (Å²) in [5.41, 5.74) is 0. The fraction of sp³-hybridized carbons (Fsp3) is 0.750. The Morgan fingerprint density at radius 3 is 2.15 bits per heavy atom. The molecule has 0 unspecified atom stereocenters. The molecule has 0 radical (unpaired) electrons. The van der Waals surface area contributed by atoms with Crippen molar-refractivity contribution in [3.63, 3.8) is 0 Å². The second-order valence-corrected chi connectivity index (χ2v) is 4.74. The standard InChI is InChI=1S/C8H14O11S/c9-1-4(11)7(14)8(15)5(2-10)19-20(16,17)18-3-6(12)13/h2,4-5,7-9,11,14-15H,1,3H2,(H,12,13)/t4-,5+,7-,8-/m1/s1. The number of carboxylic acid groups (broad SMARTS) is 1. The van der Waals surface area contributed by atoms with Gasteiger partial charge in [0.15, 0.2) is 19.0 Å². The maximum atomic E-state index is 11.1. The van der Waals surface area contributed by atoms with Crippen molar-refractivity contribution < 1.29 is 51.9 Å². The number of aldehydes is 1. The Balaban J connectivity index is 4.76. The first-order chi connectivity index (χ1) is 9.14. The fourth-order valence-electron chi connectivity index (χ4n) is 0.976. The monoisotopic (exact) mass is 318 g/mol. The van der Waals surface area contributed by atoms with Gasteiger partial charge in [-0.2, -0.15) is 8.42 Å². The van der Waals surface area contributed by atoms with Gasteiger partial charge in [0.1, 0.15) is 18.3 Å². The molecule has 0 saturated carbocycles. The number of aliphatic carboxylic acids is 1. The first-order valence-corrected chi connectivity index (χ1v) is 6.37. The predicted octanol–water partition coefficient (Wildman–Crippen LogP) is -4.01. The highest BCUT2D eigenvalue weighted by molar-refractivity contribution is 7.81. The molecule has 0 bridgehead atoms. The summed E-state index contributed by atoms with van der Waals surface area (Å²) in [4.78, 5) is 20.7. The zero-order valence-corrected chi connectivity index (χ0v) is 10.7. The van der Waals surface area contributed by atoms with E-state index in [2.05, 4.69) is 8.37 Å². The molecule has 4 atom stereocenters. The molecule has 0 aromatic carbocycles. The molecule has 0 saturated heterocycles. The average molecular weight is 318 g/mol. The van der Waals surface area contributed by atoms with Crippen LogP contribution < -0.4 is 0 Å². The minimum absolute atomic E-state index is 0.209. The minimum atomic E-state index is -4.93. The SMILES string of the molecule is O=C[C@H](OS(=O)(=O)OCC(=O)O)[C@@H](O)[C@H](O)[C@H](O)CO. The Hall–Kier alpha value is -1.15. The maximum Gasteiger partial charge on any atom is 0.401 e. The summed E-state index contributed by atoms with van der Waals surface area (Å²) >= 11 is 0. The van der Waals surface area contributed by atoms with Gasteiger partial charge in [-0.3, -0.25) is 0 Å². The van der Waals surface area contributed by atoms with Crippen LogP contribution in [-0.4, -0.2) is 83.8 Å². The molecule has 0 rings (SSSR count). The topological polar surface area (TPSA) is 188 Å².